The van der Waals surface area contributed by atoms with Crippen LogP contribution in [0.25, 0.3) is 0 Å². The Morgan fingerprint density at radius 1 is 1.36 bits per heavy atom. The zero-order chi connectivity index (χ0) is 22.8. The molecule has 1 fully saturated rings. The molecule has 33 heavy (non-hydrogen) atoms. The summed E-state index contributed by atoms with van der Waals surface area (Å²) in [6.45, 7) is 0. The van der Waals surface area contributed by atoms with E-state index in [0.29, 0.717) is 11.1 Å². The molecule has 2 amide bonds. The van der Waals surface area contributed by atoms with Crippen molar-refractivity contribution in [1.82, 2.24) is 30.5 Å². The van der Waals surface area contributed by atoms with Gasteiger partial charge in [-0.05, 0) is 16.0 Å². The maximum absolute atomic E-state index is 12.7. The van der Waals surface area contributed by atoms with Crippen LogP contribution in [0.2, 0.25) is 0 Å². The molecule has 0 unspecified atom stereocenters. The van der Waals surface area contributed by atoms with Gasteiger partial charge in [0.1, 0.15) is 11.4 Å². The Balaban J connectivity index is 0.00000306. The summed E-state index contributed by atoms with van der Waals surface area (Å²) in [7, 11) is 0. The van der Waals surface area contributed by atoms with E-state index in [-0.39, 0.29) is 57.6 Å². The number of aromatic nitrogens is 4. The van der Waals surface area contributed by atoms with E-state index in [4.69, 9.17) is 5.84 Å². The summed E-state index contributed by atoms with van der Waals surface area (Å²) < 4.78 is 0. The van der Waals surface area contributed by atoms with Crippen molar-refractivity contribution < 1.29 is 54.3 Å². The second-order valence-electron chi connectivity index (χ2n) is 6.61. The number of aliphatic carboxylic acids is 1. The van der Waals surface area contributed by atoms with Crippen molar-refractivity contribution in [3.05, 3.63) is 47.2 Å². The van der Waals surface area contributed by atoms with Crippen LogP contribution in [-0.4, -0.2) is 76.8 Å². The zero-order valence-electron chi connectivity index (χ0n) is 17.1. The number of β-lactam (4-membered cyclic amide) rings is 1. The second-order valence-corrected chi connectivity index (χ2v) is 8.66. The number of carboxylic acids is 1. The van der Waals surface area contributed by atoms with Gasteiger partial charge in [0.25, 0.3) is 11.8 Å². The van der Waals surface area contributed by atoms with E-state index in [2.05, 4.69) is 26.0 Å². The van der Waals surface area contributed by atoms with Crippen LogP contribution in [0.3, 0.4) is 0 Å². The van der Waals surface area contributed by atoms with E-state index < -0.39 is 29.2 Å². The van der Waals surface area contributed by atoms with Crippen LogP contribution in [0.1, 0.15) is 5.56 Å². The monoisotopic (exact) mass is 498 g/mol. The topological polar surface area (TPSA) is 192 Å². The van der Waals surface area contributed by atoms with Crippen molar-refractivity contribution >= 4 is 47.0 Å². The van der Waals surface area contributed by atoms with Crippen LogP contribution in [0.5, 0.6) is 0 Å². The number of hydrogen-bond donors (Lipinski definition) is 3. The number of nitrogens with two attached hydrogens (primary N) is 1. The molecule has 0 saturated carbocycles. The number of benzene rings is 1. The molecule has 13 nitrogen and oxygen atoms in total. The molecule has 2 aliphatic heterocycles. The van der Waals surface area contributed by atoms with Crippen molar-refractivity contribution in [2.24, 2.45) is 5.16 Å². The summed E-state index contributed by atoms with van der Waals surface area (Å²) in [5, 5.41) is 36.9. The van der Waals surface area contributed by atoms with Gasteiger partial charge >= 0.3 is 29.6 Å². The SMILES string of the molecule is Nn1nnnc1SCC1=C(C(=O)[O-])N2C(=O)[C@@H](NC(=O)/C(=N\O)c3ccccc3)[C@@H]2SC1.[Na+]. The Kier molecular flexibility index (Phi) is 8.01. The standard InChI is InChI=1S/C17H16N8O5S2.Na/c18-25-17(20-22-23-25)32-7-9-6-31-15-11(14(27)24(15)12(9)16(28)29)19-13(26)10(21-30)8-4-2-1-3-5-8;/h1-5,11,15,30H,6-7,18H2,(H,19,26)(H,28,29);/q;+1/p-1/b21-10-;/t11-,15+;/m1./s1. The molecule has 0 spiro atoms. The first-order valence-corrected chi connectivity index (χ1v) is 11.1. The molecular weight excluding hydrogens is 483 g/mol. The van der Waals surface area contributed by atoms with Crippen LogP contribution in [0.15, 0.2) is 51.9 Å². The Morgan fingerprint density at radius 3 is 2.70 bits per heavy atom. The van der Waals surface area contributed by atoms with Crippen LogP contribution >= 0.6 is 23.5 Å². The maximum atomic E-state index is 12.7. The Bertz CT molecular complexity index is 1140. The van der Waals surface area contributed by atoms with Gasteiger partial charge in [-0.15, -0.1) is 16.6 Å². The molecule has 2 atom stereocenters. The number of tetrazole rings is 1. The number of nitrogens with zero attached hydrogens (tertiary/aromatic N) is 6. The molecule has 2 aliphatic rings. The average molecular weight is 498 g/mol. The van der Waals surface area contributed by atoms with Gasteiger partial charge in [-0.25, -0.2) is 0 Å². The predicted molar refractivity (Wildman–Crippen MR) is 111 cm³/mol. The molecule has 16 heteroatoms. The number of nitrogens with one attached hydrogen (secondary N) is 1. The fraction of sp³-hybridized carbons (Fsp3) is 0.235. The first kappa shape index (κ1) is 25.0. The Morgan fingerprint density at radius 2 is 2.09 bits per heavy atom. The molecule has 166 valence electrons. The zero-order valence-corrected chi connectivity index (χ0v) is 20.7. The molecular formula is C17H15N8NaO5S2. The van der Waals surface area contributed by atoms with Crippen molar-refractivity contribution in [2.45, 2.75) is 16.6 Å². The fourth-order valence-electron chi connectivity index (χ4n) is 3.25. The van der Waals surface area contributed by atoms with E-state index in [0.717, 1.165) is 21.5 Å². The number of amides is 2. The van der Waals surface area contributed by atoms with Gasteiger partial charge in [0.05, 0.1) is 11.7 Å². The van der Waals surface area contributed by atoms with E-state index in [1.54, 1.807) is 30.3 Å². The molecule has 3 heterocycles. The minimum atomic E-state index is -1.50. The largest absolute Gasteiger partial charge is 1.00 e. The van der Waals surface area contributed by atoms with E-state index in [1.807, 2.05) is 0 Å². The number of fused-ring (bicyclic) bond motifs is 1. The quantitative estimate of drug-likeness (QED) is 0.0628. The molecule has 1 aromatic carbocycles. The van der Waals surface area contributed by atoms with E-state index in [1.165, 1.54) is 11.8 Å². The first-order valence-electron chi connectivity index (χ1n) is 9.05. The van der Waals surface area contributed by atoms with E-state index in [9.17, 15) is 24.7 Å². The van der Waals surface area contributed by atoms with Gasteiger partial charge in [0.2, 0.25) is 5.16 Å². The number of hydrogen-bond acceptors (Lipinski definition) is 12. The summed E-state index contributed by atoms with van der Waals surface area (Å²) in [6.07, 6.45) is 0. The number of nitrogen functional groups attached to an aromatic ring is 1. The summed E-state index contributed by atoms with van der Waals surface area (Å²) >= 11 is 2.40. The van der Waals surface area contributed by atoms with Crippen LogP contribution in [0, 0.1) is 0 Å². The minimum Gasteiger partial charge on any atom is -0.543 e. The molecule has 0 radical (unpaired) electrons. The second kappa shape index (κ2) is 10.6. The third-order valence-electron chi connectivity index (χ3n) is 4.73. The predicted octanol–water partition coefficient (Wildman–Crippen LogP) is -5.23. The van der Waals surface area contributed by atoms with Crippen LogP contribution in [-0.2, 0) is 14.4 Å². The molecule has 4 rings (SSSR count). The normalized spacial score (nSPS) is 19.9. The summed E-state index contributed by atoms with van der Waals surface area (Å²) in [5.41, 5.74) is 0.306. The third-order valence-corrected chi connectivity index (χ3v) is 7.09. The molecule has 0 bridgehead atoms. The number of rotatable bonds is 7. The van der Waals surface area contributed by atoms with Gasteiger partial charge < -0.3 is 26.3 Å². The molecule has 1 saturated heterocycles. The third kappa shape index (κ3) is 4.86. The number of oxime groups is 1. The van der Waals surface area contributed by atoms with Gasteiger partial charge in [0.15, 0.2) is 5.71 Å². The molecule has 4 N–H and O–H groups in total. The van der Waals surface area contributed by atoms with Crippen LogP contribution < -0.4 is 45.8 Å². The Labute approximate surface area is 217 Å². The molecule has 0 aliphatic carbocycles. The average Bonchev–Trinajstić information content (AvgIpc) is 3.21. The molecule has 1 aromatic heterocycles. The summed E-state index contributed by atoms with van der Waals surface area (Å²) in [6, 6.07) is 7.25. The smallest absolute Gasteiger partial charge is 0.543 e. The summed E-state index contributed by atoms with van der Waals surface area (Å²) in [4.78, 5) is 39.2. The number of carbonyl (C=O) groups excluding carboxylic acids is 3. The number of carbonyl (C=O) groups is 3. The Hall–Kier alpha value is -2.59. The van der Waals surface area contributed by atoms with Gasteiger partial charge in [0, 0.05) is 17.1 Å². The van der Waals surface area contributed by atoms with E-state index >= 15 is 0 Å². The van der Waals surface area contributed by atoms with Gasteiger partial charge in [-0.2, -0.15) is 0 Å². The number of thioether (sulfide) groups is 2. The first-order chi connectivity index (χ1) is 15.4. The van der Waals surface area contributed by atoms with Crippen LogP contribution in [0.4, 0.5) is 0 Å². The van der Waals surface area contributed by atoms with Gasteiger partial charge in [-0.3, -0.25) is 14.5 Å². The maximum Gasteiger partial charge on any atom is 1.00 e. The van der Waals surface area contributed by atoms with Gasteiger partial charge in [-0.1, -0.05) is 52.3 Å². The summed E-state index contributed by atoms with van der Waals surface area (Å²) in [5.74, 6) is 3.15. The fourth-order valence-corrected chi connectivity index (χ4v) is 5.54. The van der Waals surface area contributed by atoms with Crippen molar-refractivity contribution in [3.8, 4) is 0 Å². The minimum absolute atomic E-state index is 0. The van der Waals surface area contributed by atoms with Crippen molar-refractivity contribution in [3.63, 3.8) is 0 Å². The van der Waals surface area contributed by atoms with Crippen molar-refractivity contribution in [2.75, 3.05) is 17.3 Å². The molecule has 2 aromatic rings. The number of carboxylic acid groups (broad SMARTS) is 1. The van der Waals surface area contributed by atoms with Crippen molar-refractivity contribution in [1.29, 1.82) is 0 Å².